The van der Waals surface area contributed by atoms with Crippen molar-refractivity contribution in [3.63, 3.8) is 0 Å². The first-order valence-electron chi connectivity index (χ1n) is 2.58. The molecule has 1 aliphatic heterocycles. The first-order chi connectivity index (χ1) is 3.43. The second kappa shape index (κ2) is 2.88. The lowest BCUT2D eigenvalue weighted by atomic mass is 10.4. The van der Waals surface area contributed by atoms with Gasteiger partial charge in [0.05, 0.1) is 0 Å². The Morgan fingerprint density at radius 2 is 2.57 bits per heavy atom. The third kappa shape index (κ3) is 1.57. The van der Waals surface area contributed by atoms with Gasteiger partial charge in [0.1, 0.15) is 0 Å². The van der Waals surface area contributed by atoms with Gasteiger partial charge in [-0.1, -0.05) is 0 Å². The fourth-order valence-corrected chi connectivity index (χ4v) is 2.90. The van der Waals surface area contributed by atoms with E-state index in [1.165, 1.54) is 18.6 Å². The van der Waals surface area contributed by atoms with Crippen LogP contribution in [0.2, 0.25) is 0 Å². The van der Waals surface area contributed by atoms with Crippen LogP contribution >= 0.6 is 23.5 Å². The summed E-state index contributed by atoms with van der Waals surface area (Å²) in [5.41, 5.74) is 0. The van der Waals surface area contributed by atoms with Gasteiger partial charge in [-0.2, -0.15) is 11.8 Å². The number of thioether (sulfide) groups is 2. The van der Waals surface area contributed by atoms with Crippen LogP contribution < -0.4 is 0 Å². The van der Waals surface area contributed by atoms with Gasteiger partial charge in [-0.3, -0.25) is 0 Å². The Hall–Kier alpha value is 0.700. The number of hydrogen-bond acceptors (Lipinski definition) is 2. The van der Waals surface area contributed by atoms with Crippen molar-refractivity contribution < 1.29 is 0 Å². The summed E-state index contributed by atoms with van der Waals surface area (Å²) in [6, 6.07) is 0. The molecule has 0 aromatic heterocycles. The Morgan fingerprint density at radius 3 is 2.86 bits per heavy atom. The molecule has 2 heteroatoms. The second-order valence-corrected chi connectivity index (χ2v) is 4.33. The molecule has 0 aromatic carbocycles. The lowest BCUT2D eigenvalue weighted by molar-refractivity contribution is 0.925. The summed E-state index contributed by atoms with van der Waals surface area (Å²) in [5, 5.41) is 0. The molecule has 1 heterocycles. The van der Waals surface area contributed by atoms with Gasteiger partial charge in [-0.15, -0.1) is 11.8 Å². The summed E-state index contributed by atoms with van der Waals surface area (Å²) in [5.74, 6) is 1.39. The Labute approximate surface area is 53.4 Å². The van der Waals surface area contributed by atoms with Crippen molar-refractivity contribution in [1.29, 1.82) is 0 Å². The lowest BCUT2D eigenvalue weighted by Crippen LogP contribution is -1.83. The predicted molar refractivity (Wildman–Crippen MR) is 39.0 cm³/mol. The average molecular weight is 134 g/mol. The predicted octanol–water partition coefficient (Wildman–Crippen LogP) is 2.20. The monoisotopic (exact) mass is 134 g/mol. The van der Waals surface area contributed by atoms with E-state index in [0.29, 0.717) is 0 Å². The minimum atomic E-state index is 0.931. The highest BCUT2D eigenvalue weighted by atomic mass is 32.2. The van der Waals surface area contributed by atoms with Crippen LogP contribution in [-0.4, -0.2) is 16.6 Å². The summed E-state index contributed by atoms with van der Waals surface area (Å²) >= 11 is 4.10. The topological polar surface area (TPSA) is 0 Å². The first kappa shape index (κ1) is 5.83. The van der Waals surface area contributed by atoms with Crippen LogP contribution in [0.1, 0.15) is 12.8 Å². The lowest BCUT2D eigenvalue weighted by Gasteiger charge is -1.99. The summed E-state index contributed by atoms with van der Waals surface area (Å²) < 4.78 is 0.931. The highest BCUT2D eigenvalue weighted by Crippen LogP contribution is 2.32. The summed E-state index contributed by atoms with van der Waals surface area (Å²) in [6.45, 7) is 0. The van der Waals surface area contributed by atoms with Crippen molar-refractivity contribution in [1.82, 2.24) is 0 Å². The zero-order valence-electron chi connectivity index (χ0n) is 4.52. The van der Waals surface area contributed by atoms with Crippen LogP contribution in [0.25, 0.3) is 0 Å². The van der Waals surface area contributed by atoms with Crippen molar-refractivity contribution in [2.24, 2.45) is 0 Å². The third-order valence-electron chi connectivity index (χ3n) is 1.15. The molecule has 1 saturated heterocycles. The van der Waals surface area contributed by atoms with Crippen molar-refractivity contribution in [3.05, 3.63) is 0 Å². The van der Waals surface area contributed by atoms with Crippen LogP contribution in [0, 0.1) is 0 Å². The molecule has 0 bridgehead atoms. The van der Waals surface area contributed by atoms with E-state index in [4.69, 9.17) is 0 Å². The Kier molecular flexibility index (Phi) is 2.40. The Morgan fingerprint density at radius 1 is 1.71 bits per heavy atom. The quantitative estimate of drug-likeness (QED) is 0.539. The smallest absolute Gasteiger partial charge is 0.0500 e. The van der Waals surface area contributed by atoms with Crippen molar-refractivity contribution in [3.8, 4) is 0 Å². The van der Waals surface area contributed by atoms with Gasteiger partial charge in [0.25, 0.3) is 0 Å². The number of rotatable bonds is 1. The van der Waals surface area contributed by atoms with Crippen LogP contribution in [0.4, 0.5) is 0 Å². The molecule has 1 fully saturated rings. The summed E-state index contributed by atoms with van der Waals surface area (Å²) in [6.07, 6.45) is 5.07. The maximum atomic E-state index is 2.20. The van der Waals surface area contributed by atoms with Crippen molar-refractivity contribution in [2.75, 3.05) is 12.0 Å². The molecule has 0 aliphatic carbocycles. The molecular weight excluding hydrogens is 124 g/mol. The summed E-state index contributed by atoms with van der Waals surface area (Å²) in [7, 11) is 0. The second-order valence-electron chi connectivity index (χ2n) is 1.68. The molecule has 0 N–H and O–H groups in total. The van der Waals surface area contributed by atoms with E-state index in [1.54, 1.807) is 0 Å². The van der Waals surface area contributed by atoms with Gasteiger partial charge in [0.15, 0.2) is 0 Å². The van der Waals surface area contributed by atoms with Gasteiger partial charge >= 0.3 is 0 Å². The molecule has 1 atom stereocenters. The highest BCUT2D eigenvalue weighted by Gasteiger charge is 2.12. The molecule has 1 rings (SSSR count). The van der Waals surface area contributed by atoms with Gasteiger partial charge in [0, 0.05) is 4.58 Å². The van der Waals surface area contributed by atoms with E-state index in [1.807, 2.05) is 11.8 Å². The van der Waals surface area contributed by atoms with E-state index < -0.39 is 0 Å². The Balaban J connectivity index is 2.14. The molecule has 0 nitrogen and oxygen atoms in total. The van der Waals surface area contributed by atoms with Crippen LogP contribution in [0.3, 0.4) is 0 Å². The zero-order chi connectivity index (χ0) is 5.11. The standard InChI is InChI=1S/C5H10S2/c1-6-5-3-2-4-7-5/h5H,2-4H2,1H3. The molecule has 1 unspecified atom stereocenters. The van der Waals surface area contributed by atoms with Crippen molar-refractivity contribution in [2.45, 2.75) is 17.4 Å². The van der Waals surface area contributed by atoms with Crippen molar-refractivity contribution >= 4 is 23.5 Å². The molecule has 42 valence electrons. The van der Waals surface area contributed by atoms with E-state index in [2.05, 4.69) is 18.0 Å². The summed E-state index contributed by atoms with van der Waals surface area (Å²) in [4.78, 5) is 0. The largest absolute Gasteiger partial charge is 0.151 e. The SMILES string of the molecule is CSC1CCCS1. The molecule has 1 aliphatic rings. The zero-order valence-corrected chi connectivity index (χ0v) is 6.15. The van der Waals surface area contributed by atoms with E-state index in [9.17, 15) is 0 Å². The highest BCUT2D eigenvalue weighted by molar-refractivity contribution is 8.16. The van der Waals surface area contributed by atoms with E-state index >= 15 is 0 Å². The maximum Gasteiger partial charge on any atom is 0.0500 e. The minimum Gasteiger partial charge on any atom is -0.151 e. The van der Waals surface area contributed by atoms with Gasteiger partial charge in [-0.25, -0.2) is 0 Å². The molecule has 0 saturated carbocycles. The third-order valence-corrected chi connectivity index (χ3v) is 4.03. The average Bonchev–Trinajstić information content (AvgIpc) is 2.14. The normalized spacial score (nSPS) is 31.3. The molecule has 0 aromatic rings. The molecular formula is C5H10S2. The van der Waals surface area contributed by atoms with Crippen LogP contribution in [0.5, 0.6) is 0 Å². The van der Waals surface area contributed by atoms with Gasteiger partial charge in [-0.05, 0) is 24.9 Å². The van der Waals surface area contributed by atoms with Crippen LogP contribution in [-0.2, 0) is 0 Å². The van der Waals surface area contributed by atoms with Crippen LogP contribution in [0.15, 0.2) is 0 Å². The van der Waals surface area contributed by atoms with Gasteiger partial charge < -0.3 is 0 Å². The van der Waals surface area contributed by atoms with E-state index in [0.717, 1.165) is 4.58 Å². The first-order valence-corrected chi connectivity index (χ1v) is 4.91. The molecule has 0 radical (unpaired) electrons. The minimum absolute atomic E-state index is 0.931. The van der Waals surface area contributed by atoms with E-state index in [-0.39, 0.29) is 0 Å². The maximum absolute atomic E-state index is 2.20. The molecule has 7 heavy (non-hydrogen) atoms. The Bertz CT molecular complexity index is 48.0. The molecule has 0 spiro atoms. The van der Waals surface area contributed by atoms with Gasteiger partial charge in [0.2, 0.25) is 0 Å². The molecule has 0 amide bonds. The fourth-order valence-electron chi connectivity index (χ4n) is 0.734. The number of hydrogen-bond donors (Lipinski definition) is 0. The fraction of sp³-hybridized carbons (Fsp3) is 1.00.